The maximum absolute atomic E-state index is 13.2. The Labute approximate surface area is 153 Å². The maximum Gasteiger partial charge on any atom is 0.187 e. The van der Waals surface area contributed by atoms with E-state index in [-0.39, 0.29) is 22.9 Å². The van der Waals surface area contributed by atoms with Gasteiger partial charge in [0.25, 0.3) is 0 Å². The molecule has 1 saturated heterocycles. The van der Waals surface area contributed by atoms with Crippen LogP contribution >= 0.6 is 0 Å². The highest BCUT2D eigenvalue weighted by molar-refractivity contribution is 7.96. The summed E-state index contributed by atoms with van der Waals surface area (Å²) in [5, 5.41) is 1.94. The molecule has 142 valence electrons. The second kappa shape index (κ2) is 7.05. The summed E-state index contributed by atoms with van der Waals surface area (Å²) in [7, 11) is -5.99. The molecule has 0 amide bonds. The van der Waals surface area contributed by atoms with Crippen LogP contribution in [0, 0.1) is 6.92 Å². The average molecular weight is 399 g/mol. The van der Waals surface area contributed by atoms with Gasteiger partial charge in [0.15, 0.2) is 19.7 Å². The highest BCUT2D eigenvalue weighted by Crippen LogP contribution is 2.32. The van der Waals surface area contributed by atoms with Crippen LogP contribution in [0.2, 0.25) is 0 Å². The fraction of sp³-hybridized carbons (Fsp3) is 0.412. The Morgan fingerprint density at radius 1 is 1.27 bits per heavy atom. The minimum Gasteiger partial charge on any atom is -0.495 e. The standard InChI is InChI=1S/C17H21NO6S2/c1-12-5-6-15(23-2)16(8-12)26(21,22)17-11-25(19,20)10-14(17)18-9-13-4-3-7-24-13/h3-8,14,17-18H,9-11H2,1-2H3/t14-,17-/m0/s1. The molecule has 0 aliphatic carbocycles. The van der Waals surface area contributed by atoms with E-state index in [4.69, 9.17) is 9.15 Å². The number of methoxy groups -OCH3 is 1. The van der Waals surface area contributed by atoms with Crippen LogP contribution in [0.5, 0.6) is 5.75 Å². The van der Waals surface area contributed by atoms with Gasteiger partial charge in [0.1, 0.15) is 16.4 Å². The van der Waals surface area contributed by atoms with Crippen LogP contribution in [-0.4, -0.2) is 46.7 Å². The molecular weight excluding hydrogens is 378 g/mol. The molecule has 1 aliphatic heterocycles. The largest absolute Gasteiger partial charge is 0.495 e. The van der Waals surface area contributed by atoms with E-state index in [9.17, 15) is 16.8 Å². The monoisotopic (exact) mass is 399 g/mol. The predicted molar refractivity (Wildman–Crippen MR) is 96.7 cm³/mol. The highest BCUT2D eigenvalue weighted by Gasteiger charge is 2.46. The van der Waals surface area contributed by atoms with Crippen molar-refractivity contribution in [3.8, 4) is 5.75 Å². The van der Waals surface area contributed by atoms with Gasteiger partial charge in [-0.2, -0.15) is 0 Å². The zero-order valence-electron chi connectivity index (χ0n) is 14.5. The lowest BCUT2D eigenvalue weighted by atomic mass is 10.2. The van der Waals surface area contributed by atoms with E-state index in [2.05, 4.69) is 5.32 Å². The summed E-state index contributed by atoms with van der Waals surface area (Å²) in [6, 6.07) is 7.58. The molecule has 1 aromatic carbocycles. The van der Waals surface area contributed by atoms with Gasteiger partial charge < -0.3 is 14.5 Å². The fourth-order valence-electron chi connectivity index (χ4n) is 3.13. The van der Waals surface area contributed by atoms with Crippen molar-refractivity contribution < 1.29 is 26.0 Å². The number of ether oxygens (including phenoxy) is 1. The van der Waals surface area contributed by atoms with Crippen molar-refractivity contribution in [2.75, 3.05) is 18.6 Å². The normalized spacial score (nSPS) is 22.4. The van der Waals surface area contributed by atoms with E-state index in [1.807, 2.05) is 0 Å². The predicted octanol–water partition coefficient (Wildman–Crippen LogP) is 1.33. The molecule has 7 nitrogen and oxygen atoms in total. The van der Waals surface area contributed by atoms with E-state index in [1.54, 1.807) is 31.2 Å². The lowest BCUT2D eigenvalue weighted by Crippen LogP contribution is -2.43. The fourth-order valence-corrected chi connectivity index (χ4v) is 8.09. The second-order valence-corrected chi connectivity index (χ2v) is 10.7. The van der Waals surface area contributed by atoms with Crippen LogP contribution in [0.1, 0.15) is 11.3 Å². The van der Waals surface area contributed by atoms with Crippen molar-refractivity contribution in [3.05, 3.63) is 47.9 Å². The van der Waals surface area contributed by atoms with Crippen LogP contribution in [0.3, 0.4) is 0 Å². The molecule has 9 heteroatoms. The van der Waals surface area contributed by atoms with Gasteiger partial charge in [-0.25, -0.2) is 16.8 Å². The van der Waals surface area contributed by atoms with E-state index in [1.165, 1.54) is 19.4 Å². The number of rotatable bonds is 6. The molecule has 0 spiro atoms. The third-order valence-corrected chi connectivity index (χ3v) is 8.61. The molecular formula is C17H21NO6S2. The van der Waals surface area contributed by atoms with Gasteiger partial charge in [-0.1, -0.05) is 6.07 Å². The summed E-state index contributed by atoms with van der Waals surface area (Å²) in [4.78, 5) is 0.0203. The van der Waals surface area contributed by atoms with E-state index >= 15 is 0 Å². The van der Waals surface area contributed by atoms with Gasteiger partial charge in [-0.05, 0) is 36.8 Å². The van der Waals surface area contributed by atoms with Gasteiger partial charge >= 0.3 is 0 Å². The SMILES string of the molecule is COc1ccc(C)cc1S(=O)(=O)[C@H]1CS(=O)(=O)C[C@@H]1NCc1ccco1. The molecule has 3 rings (SSSR count). The van der Waals surface area contributed by atoms with Crippen molar-refractivity contribution in [1.82, 2.24) is 5.32 Å². The molecule has 2 atom stereocenters. The second-order valence-electron chi connectivity index (χ2n) is 6.38. The molecule has 1 aliphatic rings. The minimum atomic E-state index is -3.91. The Hall–Kier alpha value is -1.84. The zero-order valence-corrected chi connectivity index (χ0v) is 16.1. The van der Waals surface area contributed by atoms with E-state index < -0.39 is 36.7 Å². The molecule has 1 fully saturated rings. The number of aryl methyl sites for hydroxylation is 1. The number of nitrogens with one attached hydrogen (secondary N) is 1. The lowest BCUT2D eigenvalue weighted by molar-refractivity contribution is 0.401. The Kier molecular flexibility index (Phi) is 5.14. The quantitative estimate of drug-likeness (QED) is 0.781. The summed E-state index contributed by atoms with van der Waals surface area (Å²) in [5.41, 5.74) is 0.755. The highest BCUT2D eigenvalue weighted by atomic mass is 32.2. The third-order valence-electron chi connectivity index (χ3n) is 4.44. The number of sulfone groups is 2. The molecule has 0 unspecified atom stereocenters. The molecule has 2 aromatic rings. The molecule has 0 bridgehead atoms. The molecule has 0 saturated carbocycles. The molecule has 1 N–H and O–H groups in total. The maximum atomic E-state index is 13.2. The zero-order chi connectivity index (χ0) is 18.9. The van der Waals surface area contributed by atoms with E-state index in [0.717, 1.165) is 5.56 Å². The third kappa shape index (κ3) is 3.79. The van der Waals surface area contributed by atoms with Crippen molar-refractivity contribution in [2.24, 2.45) is 0 Å². The minimum absolute atomic E-state index is 0.0203. The Morgan fingerprint density at radius 3 is 2.69 bits per heavy atom. The van der Waals surface area contributed by atoms with Crippen LogP contribution in [0.4, 0.5) is 0 Å². The Balaban J connectivity index is 1.94. The van der Waals surface area contributed by atoms with E-state index in [0.29, 0.717) is 5.76 Å². The topological polar surface area (TPSA) is 103 Å². The lowest BCUT2D eigenvalue weighted by Gasteiger charge is -2.21. The van der Waals surface area contributed by atoms with Crippen LogP contribution < -0.4 is 10.1 Å². The van der Waals surface area contributed by atoms with Gasteiger partial charge in [-0.3, -0.25) is 0 Å². The first kappa shape index (κ1) is 18.9. The summed E-state index contributed by atoms with van der Waals surface area (Å²) in [5.74, 6) is 0.178. The van der Waals surface area contributed by atoms with Gasteiger partial charge in [-0.15, -0.1) is 0 Å². The summed E-state index contributed by atoms with van der Waals surface area (Å²) in [6.45, 7) is 2.03. The molecule has 1 aromatic heterocycles. The van der Waals surface area contributed by atoms with Gasteiger partial charge in [0.05, 0.1) is 36.7 Å². The molecule has 2 heterocycles. The molecule has 0 radical (unpaired) electrons. The molecule has 26 heavy (non-hydrogen) atoms. The van der Waals surface area contributed by atoms with Crippen molar-refractivity contribution in [2.45, 2.75) is 29.7 Å². The van der Waals surface area contributed by atoms with Crippen molar-refractivity contribution in [3.63, 3.8) is 0 Å². The summed E-state index contributed by atoms with van der Waals surface area (Å²) in [6.07, 6.45) is 1.51. The Morgan fingerprint density at radius 2 is 2.04 bits per heavy atom. The number of hydrogen-bond donors (Lipinski definition) is 1. The first-order chi connectivity index (χ1) is 12.2. The number of hydrogen-bond acceptors (Lipinski definition) is 7. The first-order valence-corrected chi connectivity index (χ1v) is 11.4. The van der Waals surface area contributed by atoms with Crippen molar-refractivity contribution >= 4 is 19.7 Å². The number of furan rings is 1. The summed E-state index contributed by atoms with van der Waals surface area (Å²) >= 11 is 0. The Bertz CT molecular complexity index is 980. The van der Waals surface area contributed by atoms with Gasteiger partial charge in [0, 0.05) is 6.04 Å². The summed E-state index contributed by atoms with van der Waals surface area (Å²) < 4.78 is 61.2. The van der Waals surface area contributed by atoms with Crippen LogP contribution in [0.25, 0.3) is 0 Å². The first-order valence-electron chi connectivity index (χ1n) is 8.08. The van der Waals surface area contributed by atoms with Crippen LogP contribution in [0.15, 0.2) is 45.9 Å². The average Bonchev–Trinajstić information content (AvgIpc) is 3.20. The van der Waals surface area contributed by atoms with Crippen molar-refractivity contribution in [1.29, 1.82) is 0 Å². The van der Waals surface area contributed by atoms with Gasteiger partial charge in [0.2, 0.25) is 0 Å². The number of benzene rings is 1. The van der Waals surface area contributed by atoms with Crippen LogP contribution in [-0.2, 0) is 26.2 Å². The smallest absolute Gasteiger partial charge is 0.187 e.